The second-order valence-corrected chi connectivity index (χ2v) is 3.00. The van der Waals surface area contributed by atoms with Crippen molar-refractivity contribution in [2.24, 2.45) is 0 Å². The van der Waals surface area contributed by atoms with Crippen molar-refractivity contribution in [3.8, 4) is 23.3 Å². The first-order valence-electron chi connectivity index (χ1n) is 4.17. The fourth-order valence-corrected chi connectivity index (χ4v) is 1.43. The van der Waals surface area contributed by atoms with Gasteiger partial charge in [0.1, 0.15) is 0 Å². The van der Waals surface area contributed by atoms with Crippen LogP contribution in [-0.4, -0.2) is 0 Å². The zero-order valence-electron chi connectivity index (χ0n) is 7.36. The largest absolute Gasteiger partial charge is 0.192 e. The van der Waals surface area contributed by atoms with Crippen LogP contribution >= 0.6 is 0 Å². The Hall–Kier alpha value is -2.32. The number of nitriles is 2. The summed E-state index contributed by atoms with van der Waals surface area (Å²) < 4.78 is 0. The summed E-state index contributed by atoms with van der Waals surface area (Å²) in [5.41, 5.74) is 3.01. The van der Waals surface area contributed by atoms with Crippen LogP contribution in [0.2, 0.25) is 0 Å². The van der Waals surface area contributed by atoms with Crippen molar-refractivity contribution >= 4 is 0 Å². The number of nitrogens with zero attached hydrogens (tertiary/aromatic N) is 2. The molecular formula is C12H6N2. The highest BCUT2D eigenvalue weighted by atomic mass is 14.3. The molecule has 2 nitrogen and oxygen atoms in total. The zero-order valence-corrected chi connectivity index (χ0v) is 7.36. The Labute approximate surface area is 82.0 Å². The van der Waals surface area contributed by atoms with Gasteiger partial charge in [-0.3, -0.25) is 0 Å². The van der Waals surface area contributed by atoms with Gasteiger partial charge < -0.3 is 0 Å². The maximum atomic E-state index is 8.81. The highest BCUT2D eigenvalue weighted by Gasteiger charge is 2.03. The van der Waals surface area contributed by atoms with Gasteiger partial charge in [-0.05, 0) is 29.3 Å². The van der Waals surface area contributed by atoms with E-state index in [-0.39, 0.29) is 0 Å². The van der Waals surface area contributed by atoms with Gasteiger partial charge >= 0.3 is 0 Å². The molecule has 0 spiro atoms. The van der Waals surface area contributed by atoms with E-state index in [0.717, 1.165) is 11.1 Å². The first-order valence-corrected chi connectivity index (χ1v) is 4.17. The van der Waals surface area contributed by atoms with E-state index in [1.54, 1.807) is 18.2 Å². The van der Waals surface area contributed by atoms with E-state index >= 15 is 0 Å². The molecule has 0 aromatic heterocycles. The molecule has 2 aliphatic carbocycles. The zero-order chi connectivity index (χ0) is 9.97. The average Bonchev–Trinajstić information content (AvgIpc) is 2.56. The van der Waals surface area contributed by atoms with Crippen molar-refractivity contribution in [1.29, 1.82) is 10.5 Å². The molecule has 0 radical (unpaired) electrons. The van der Waals surface area contributed by atoms with Gasteiger partial charge in [0.2, 0.25) is 0 Å². The van der Waals surface area contributed by atoms with E-state index in [2.05, 4.69) is 12.1 Å². The maximum absolute atomic E-state index is 8.81. The Kier molecular flexibility index (Phi) is 1.89. The fraction of sp³-hybridized carbons (Fsp3) is 0. The lowest BCUT2D eigenvalue weighted by Gasteiger charge is -1.87. The quantitative estimate of drug-likeness (QED) is 0.622. The van der Waals surface area contributed by atoms with Crippen molar-refractivity contribution in [3.63, 3.8) is 0 Å². The van der Waals surface area contributed by atoms with Crippen LogP contribution in [0.25, 0.3) is 11.1 Å². The van der Waals surface area contributed by atoms with Crippen molar-refractivity contribution < 1.29 is 0 Å². The van der Waals surface area contributed by atoms with Crippen LogP contribution in [-0.2, 0) is 0 Å². The Morgan fingerprint density at radius 3 is 1.71 bits per heavy atom. The first-order chi connectivity index (χ1) is 6.83. The minimum absolute atomic E-state index is 0.516. The van der Waals surface area contributed by atoms with E-state index in [0.29, 0.717) is 11.1 Å². The van der Waals surface area contributed by atoms with Crippen LogP contribution in [0.1, 0.15) is 11.1 Å². The minimum atomic E-state index is 0.516. The summed E-state index contributed by atoms with van der Waals surface area (Å²) in [5.74, 6) is 0. The summed E-state index contributed by atoms with van der Waals surface area (Å²) in [5, 5.41) is 17.6. The molecule has 64 valence electrons. The molecule has 2 aliphatic rings. The topological polar surface area (TPSA) is 47.6 Å². The molecule has 0 saturated heterocycles. The summed E-state index contributed by atoms with van der Waals surface area (Å²) >= 11 is 0. The van der Waals surface area contributed by atoms with Crippen LogP contribution in [0.4, 0.5) is 0 Å². The third-order valence-electron chi connectivity index (χ3n) is 2.08. The molecule has 2 rings (SSSR count). The van der Waals surface area contributed by atoms with Crippen molar-refractivity contribution in [3.05, 3.63) is 47.5 Å². The van der Waals surface area contributed by atoms with Gasteiger partial charge in [-0.1, -0.05) is 18.2 Å². The van der Waals surface area contributed by atoms with Crippen LogP contribution in [0.5, 0.6) is 0 Å². The first kappa shape index (κ1) is 8.29. The molecule has 0 saturated carbocycles. The fourth-order valence-electron chi connectivity index (χ4n) is 1.43. The molecule has 0 aromatic carbocycles. The van der Waals surface area contributed by atoms with Gasteiger partial charge in [-0.2, -0.15) is 10.5 Å². The third kappa shape index (κ3) is 1.30. The molecule has 0 heterocycles. The van der Waals surface area contributed by atoms with E-state index in [1.165, 1.54) is 0 Å². The van der Waals surface area contributed by atoms with E-state index in [4.69, 9.17) is 10.5 Å². The van der Waals surface area contributed by atoms with Gasteiger partial charge in [0.25, 0.3) is 0 Å². The molecule has 14 heavy (non-hydrogen) atoms. The van der Waals surface area contributed by atoms with Crippen molar-refractivity contribution in [2.45, 2.75) is 0 Å². The normalized spacial score (nSPS) is 9.29. The standard InChI is InChI=1S/C12H6N2/c13-7-9-4-10(8-14)6-12-3-1-2-11(12)5-9/h1-6H. The monoisotopic (exact) mass is 178 g/mol. The predicted octanol–water partition coefficient (Wildman–Crippen LogP) is 2.53. The molecule has 0 atom stereocenters. The number of fused-ring (bicyclic) bond motifs is 1. The minimum Gasteiger partial charge on any atom is -0.192 e. The second-order valence-electron chi connectivity index (χ2n) is 3.00. The smallest absolute Gasteiger partial charge is 0.0992 e. The van der Waals surface area contributed by atoms with Gasteiger partial charge in [-0.25, -0.2) is 0 Å². The lowest BCUT2D eigenvalue weighted by atomic mass is 10.2. The molecule has 0 unspecified atom stereocenters. The summed E-state index contributed by atoms with van der Waals surface area (Å²) in [4.78, 5) is 0. The highest BCUT2D eigenvalue weighted by molar-refractivity contribution is 5.69. The molecule has 0 aliphatic heterocycles. The molecule has 0 bridgehead atoms. The van der Waals surface area contributed by atoms with Gasteiger partial charge in [-0.15, -0.1) is 0 Å². The third-order valence-corrected chi connectivity index (χ3v) is 2.08. The average molecular weight is 178 g/mol. The SMILES string of the molecule is N#Cc1cc(C#N)cc2cccc-2c1. The maximum Gasteiger partial charge on any atom is 0.0992 e. The Bertz CT molecular complexity index is 483. The molecule has 0 amide bonds. The number of rotatable bonds is 0. The Balaban J connectivity index is 2.78. The Morgan fingerprint density at radius 2 is 1.29 bits per heavy atom. The molecular weight excluding hydrogens is 172 g/mol. The number of hydrogen-bond acceptors (Lipinski definition) is 2. The summed E-state index contributed by atoms with van der Waals surface area (Å²) in [6.45, 7) is 0. The Morgan fingerprint density at radius 1 is 0.786 bits per heavy atom. The van der Waals surface area contributed by atoms with Crippen LogP contribution in [0.3, 0.4) is 0 Å². The van der Waals surface area contributed by atoms with Crippen LogP contribution in [0, 0.1) is 22.7 Å². The van der Waals surface area contributed by atoms with E-state index < -0.39 is 0 Å². The highest BCUT2D eigenvalue weighted by Crippen LogP contribution is 2.23. The predicted molar refractivity (Wildman–Crippen MR) is 52.5 cm³/mol. The van der Waals surface area contributed by atoms with Crippen molar-refractivity contribution in [1.82, 2.24) is 0 Å². The van der Waals surface area contributed by atoms with Crippen molar-refractivity contribution in [2.75, 3.05) is 0 Å². The molecule has 0 N–H and O–H groups in total. The van der Waals surface area contributed by atoms with Gasteiger partial charge in [0.05, 0.1) is 23.3 Å². The lowest BCUT2D eigenvalue weighted by molar-refractivity contribution is 1.47. The molecule has 0 fully saturated rings. The van der Waals surface area contributed by atoms with Gasteiger partial charge in [0, 0.05) is 0 Å². The van der Waals surface area contributed by atoms with E-state index in [1.807, 2.05) is 18.2 Å². The number of hydrogen-bond donors (Lipinski definition) is 0. The summed E-state index contributed by atoms with van der Waals surface area (Å²) in [7, 11) is 0. The summed E-state index contributed by atoms with van der Waals surface area (Å²) in [6.07, 6.45) is 0. The van der Waals surface area contributed by atoms with Crippen LogP contribution in [0.15, 0.2) is 36.4 Å². The molecule has 2 heteroatoms. The summed E-state index contributed by atoms with van der Waals surface area (Å²) in [6, 6.07) is 15.0. The second kappa shape index (κ2) is 3.20. The van der Waals surface area contributed by atoms with E-state index in [9.17, 15) is 0 Å². The lowest BCUT2D eigenvalue weighted by Crippen LogP contribution is -1.68. The molecule has 0 aromatic rings. The van der Waals surface area contributed by atoms with Crippen LogP contribution < -0.4 is 0 Å². The van der Waals surface area contributed by atoms with Gasteiger partial charge in [0.15, 0.2) is 0 Å².